The van der Waals surface area contributed by atoms with E-state index in [1.54, 1.807) is 13.0 Å². The number of benzene rings is 2. The molecular formula is C22H25IN2O5. The molecule has 0 aliphatic heterocycles. The SMILES string of the molecule is CCOC(=O)COc1c(I)cc(/C=N\NC(=O)Cc2ccc(C)cc2C)cc1OC. The van der Waals surface area contributed by atoms with Crippen LogP contribution in [0.25, 0.3) is 0 Å². The van der Waals surface area contributed by atoms with Crippen molar-refractivity contribution in [2.45, 2.75) is 27.2 Å². The van der Waals surface area contributed by atoms with Crippen LogP contribution in [-0.4, -0.2) is 38.4 Å². The largest absolute Gasteiger partial charge is 0.493 e. The van der Waals surface area contributed by atoms with Gasteiger partial charge in [-0.25, -0.2) is 10.2 Å². The molecule has 0 saturated heterocycles. The summed E-state index contributed by atoms with van der Waals surface area (Å²) in [5, 5.41) is 4.03. The van der Waals surface area contributed by atoms with Crippen molar-refractivity contribution >= 4 is 40.7 Å². The van der Waals surface area contributed by atoms with Crippen molar-refractivity contribution in [2.75, 3.05) is 20.3 Å². The molecule has 2 rings (SSSR count). The number of hydrogen-bond donors (Lipinski definition) is 1. The summed E-state index contributed by atoms with van der Waals surface area (Å²) >= 11 is 2.08. The highest BCUT2D eigenvalue weighted by Gasteiger charge is 2.13. The van der Waals surface area contributed by atoms with Crippen LogP contribution in [0.3, 0.4) is 0 Å². The fourth-order valence-corrected chi connectivity index (χ4v) is 3.50. The quantitative estimate of drug-likeness (QED) is 0.235. The number of nitrogens with zero attached hydrogens (tertiary/aromatic N) is 1. The highest BCUT2D eigenvalue weighted by atomic mass is 127. The molecule has 0 aromatic heterocycles. The monoisotopic (exact) mass is 524 g/mol. The van der Waals surface area contributed by atoms with Crippen molar-refractivity contribution in [1.29, 1.82) is 0 Å². The number of rotatable bonds is 9. The number of carbonyl (C=O) groups excluding carboxylic acids is 2. The summed E-state index contributed by atoms with van der Waals surface area (Å²) < 4.78 is 16.5. The average Bonchev–Trinajstić information content (AvgIpc) is 2.69. The summed E-state index contributed by atoms with van der Waals surface area (Å²) in [7, 11) is 1.51. The van der Waals surface area contributed by atoms with E-state index in [0.29, 0.717) is 23.7 Å². The van der Waals surface area contributed by atoms with Crippen molar-refractivity contribution in [1.82, 2.24) is 5.43 Å². The van der Waals surface area contributed by atoms with Gasteiger partial charge in [0.05, 0.1) is 29.9 Å². The second-order valence-corrected chi connectivity index (χ2v) is 7.69. The zero-order chi connectivity index (χ0) is 22.1. The third kappa shape index (κ3) is 7.01. The van der Waals surface area contributed by atoms with E-state index in [9.17, 15) is 9.59 Å². The number of aryl methyl sites for hydroxylation is 2. The topological polar surface area (TPSA) is 86.2 Å². The molecule has 8 heteroatoms. The van der Waals surface area contributed by atoms with E-state index in [1.807, 2.05) is 38.1 Å². The summed E-state index contributed by atoms with van der Waals surface area (Å²) in [6.45, 7) is 5.82. The number of carbonyl (C=O) groups is 2. The molecule has 0 spiro atoms. The molecule has 0 heterocycles. The Morgan fingerprint density at radius 2 is 1.97 bits per heavy atom. The number of amides is 1. The number of hydrazone groups is 1. The highest BCUT2D eigenvalue weighted by molar-refractivity contribution is 14.1. The maximum atomic E-state index is 12.2. The highest BCUT2D eigenvalue weighted by Crippen LogP contribution is 2.33. The van der Waals surface area contributed by atoms with Crippen LogP contribution in [0, 0.1) is 17.4 Å². The van der Waals surface area contributed by atoms with Crippen LogP contribution in [0.1, 0.15) is 29.2 Å². The third-order valence-electron chi connectivity index (χ3n) is 4.14. The number of esters is 1. The van der Waals surface area contributed by atoms with Gasteiger partial charge in [-0.1, -0.05) is 23.8 Å². The van der Waals surface area contributed by atoms with Gasteiger partial charge in [-0.2, -0.15) is 5.10 Å². The maximum Gasteiger partial charge on any atom is 0.344 e. The summed E-state index contributed by atoms with van der Waals surface area (Å²) in [6, 6.07) is 9.51. The van der Waals surface area contributed by atoms with Gasteiger partial charge >= 0.3 is 5.97 Å². The molecule has 1 N–H and O–H groups in total. The van der Waals surface area contributed by atoms with Crippen LogP contribution < -0.4 is 14.9 Å². The second kappa shape index (κ2) is 11.5. The minimum absolute atomic E-state index is 0.200. The van der Waals surface area contributed by atoms with E-state index in [4.69, 9.17) is 14.2 Å². The fraction of sp³-hybridized carbons (Fsp3) is 0.318. The first-order valence-electron chi connectivity index (χ1n) is 9.38. The lowest BCUT2D eigenvalue weighted by molar-refractivity contribution is -0.145. The summed E-state index contributed by atoms with van der Waals surface area (Å²) in [5.74, 6) is 0.248. The summed E-state index contributed by atoms with van der Waals surface area (Å²) in [5.41, 5.74) is 6.46. The van der Waals surface area contributed by atoms with Gasteiger partial charge in [0, 0.05) is 0 Å². The first-order valence-corrected chi connectivity index (χ1v) is 10.5. The molecule has 160 valence electrons. The van der Waals surface area contributed by atoms with Crippen LogP contribution in [0.2, 0.25) is 0 Å². The standard InChI is InChI=1S/C22H25IN2O5/c1-5-29-21(27)13-30-22-18(23)9-16(10-19(22)28-4)12-24-25-20(26)11-17-7-6-14(2)8-15(17)3/h6-10,12H,5,11,13H2,1-4H3,(H,25,26)/b24-12-. The number of ether oxygens (including phenoxy) is 3. The van der Waals surface area contributed by atoms with Crippen molar-refractivity contribution in [3.05, 3.63) is 56.2 Å². The van der Waals surface area contributed by atoms with Gasteiger partial charge in [-0.15, -0.1) is 0 Å². The Morgan fingerprint density at radius 3 is 2.63 bits per heavy atom. The second-order valence-electron chi connectivity index (χ2n) is 6.53. The van der Waals surface area contributed by atoms with Gasteiger partial charge < -0.3 is 14.2 Å². The van der Waals surface area contributed by atoms with Crippen LogP contribution in [0.15, 0.2) is 35.4 Å². The van der Waals surface area contributed by atoms with E-state index in [0.717, 1.165) is 20.3 Å². The minimum Gasteiger partial charge on any atom is -0.493 e. The number of halogens is 1. The summed E-state index contributed by atoms with van der Waals surface area (Å²) in [4.78, 5) is 23.7. The van der Waals surface area contributed by atoms with Crippen LogP contribution >= 0.6 is 22.6 Å². The van der Waals surface area contributed by atoms with Crippen LogP contribution in [-0.2, 0) is 20.7 Å². The predicted octanol–water partition coefficient (Wildman–Crippen LogP) is 3.55. The molecule has 0 saturated carbocycles. The molecule has 2 aromatic rings. The number of hydrogen-bond acceptors (Lipinski definition) is 6. The first kappa shape index (κ1) is 23.7. The maximum absolute atomic E-state index is 12.2. The van der Waals surface area contributed by atoms with Crippen molar-refractivity contribution < 1.29 is 23.8 Å². The van der Waals surface area contributed by atoms with Crippen molar-refractivity contribution in [2.24, 2.45) is 5.10 Å². The van der Waals surface area contributed by atoms with Gasteiger partial charge in [-0.3, -0.25) is 4.79 Å². The molecule has 7 nitrogen and oxygen atoms in total. The molecule has 2 aromatic carbocycles. The lowest BCUT2D eigenvalue weighted by Crippen LogP contribution is -2.20. The molecule has 0 aliphatic carbocycles. The van der Waals surface area contributed by atoms with Gasteiger partial charge in [0.2, 0.25) is 5.91 Å². The molecule has 1 amide bonds. The number of methoxy groups -OCH3 is 1. The van der Waals surface area contributed by atoms with Gasteiger partial charge in [0.15, 0.2) is 18.1 Å². The Bertz CT molecular complexity index is 943. The van der Waals surface area contributed by atoms with Crippen molar-refractivity contribution in [3.63, 3.8) is 0 Å². The van der Waals surface area contributed by atoms with Crippen LogP contribution in [0.4, 0.5) is 0 Å². The van der Waals surface area contributed by atoms with E-state index in [2.05, 4.69) is 33.1 Å². The van der Waals surface area contributed by atoms with Gasteiger partial charge in [-0.05, 0) is 72.2 Å². The van der Waals surface area contributed by atoms with Crippen LogP contribution in [0.5, 0.6) is 11.5 Å². The molecule has 0 radical (unpaired) electrons. The molecule has 0 aliphatic rings. The molecule has 0 unspecified atom stereocenters. The predicted molar refractivity (Wildman–Crippen MR) is 123 cm³/mol. The van der Waals surface area contributed by atoms with E-state index < -0.39 is 5.97 Å². The fourth-order valence-electron chi connectivity index (χ4n) is 2.72. The zero-order valence-corrected chi connectivity index (χ0v) is 19.6. The first-order chi connectivity index (χ1) is 14.3. The van der Waals surface area contributed by atoms with E-state index in [-0.39, 0.29) is 18.9 Å². The van der Waals surface area contributed by atoms with Gasteiger partial charge in [0.1, 0.15) is 0 Å². The molecule has 0 atom stereocenters. The molecule has 30 heavy (non-hydrogen) atoms. The summed E-state index contributed by atoms with van der Waals surface area (Å²) in [6.07, 6.45) is 1.78. The Kier molecular flexibility index (Phi) is 9.10. The van der Waals surface area contributed by atoms with E-state index >= 15 is 0 Å². The Morgan fingerprint density at radius 1 is 1.20 bits per heavy atom. The average molecular weight is 524 g/mol. The van der Waals surface area contributed by atoms with Gasteiger partial charge in [0.25, 0.3) is 0 Å². The molecule has 0 bridgehead atoms. The third-order valence-corrected chi connectivity index (χ3v) is 4.94. The molecule has 0 fully saturated rings. The lowest BCUT2D eigenvalue weighted by atomic mass is 10.0. The Balaban J connectivity index is 2.01. The zero-order valence-electron chi connectivity index (χ0n) is 17.5. The number of nitrogens with one attached hydrogen (secondary N) is 1. The minimum atomic E-state index is -0.451. The van der Waals surface area contributed by atoms with E-state index in [1.165, 1.54) is 13.3 Å². The Hall–Kier alpha value is -2.62. The molecular weight excluding hydrogens is 499 g/mol. The lowest BCUT2D eigenvalue weighted by Gasteiger charge is -2.13. The van der Waals surface area contributed by atoms with Crippen molar-refractivity contribution in [3.8, 4) is 11.5 Å². The Labute approximate surface area is 189 Å². The smallest absolute Gasteiger partial charge is 0.344 e. The normalized spacial score (nSPS) is 10.7.